The van der Waals surface area contributed by atoms with Crippen LogP contribution in [0.3, 0.4) is 0 Å². The summed E-state index contributed by atoms with van der Waals surface area (Å²) in [5.74, 6) is 2.46. The molecule has 16 heavy (non-hydrogen) atoms. The minimum atomic E-state index is 0.411. The zero-order valence-corrected chi connectivity index (χ0v) is 11.1. The number of rotatable bonds is 6. The van der Waals surface area contributed by atoms with Crippen LogP contribution in [0.15, 0.2) is 0 Å². The molecule has 0 radical (unpaired) electrons. The first kappa shape index (κ1) is 13.2. The van der Waals surface area contributed by atoms with E-state index in [4.69, 9.17) is 0 Å². The van der Waals surface area contributed by atoms with Gasteiger partial charge in [0.1, 0.15) is 5.82 Å². The molecule has 92 valence electrons. The zero-order valence-electron chi connectivity index (χ0n) is 11.1. The topological polar surface area (TPSA) is 42.7 Å². The molecule has 0 fully saturated rings. The van der Waals surface area contributed by atoms with Crippen molar-refractivity contribution < 1.29 is 0 Å². The Kier molecular flexibility index (Phi) is 4.93. The normalized spacial score (nSPS) is 11.7. The second-order valence-electron chi connectivity index (χ2n) is 4.88. The largest absolute Gasteiger partial charge is 0.315 e. The summed E-state index contributed by atoms with van der Waals surface area (Å²) in [5.41, 5.74) is 0. The van der Waals surface area contributed by atoms with E-state index in [0.29, 0.717) is 12.0 Å². The van der Waals surface area contributed by atoms with Gasteiger partial charge in [-0.15, -0.1) is 0 Å². The van der Waals surface area contributed by atoms with Gasteiger partial charge in [0.2, 0.25) is 0 Å². The molecule has 4 nitrogen and oxygen atoms in total. The van der Waals surface area contributed by atoms with Crippen LogP contribution in [-0.2, 0) is 13.5 Å². The molecule has 0 bridgehead atoms. The van der Waals surface area contributed by atoms with Crippen molar-refractivity contribution in [3.05, 3.63) is 11.6 Å². The minimum Gasteiger partial charge on any atom is -0.315 e. The van der Waals surface area contributed by atoms with E-state index in [1.807, 2.05) is 11.7 Å². The molecule has 0 aliphatic rings. The maximum absolute atomic E-state index is 4.55. The molecule has 1 heterocycles. The molecule has 0 saturated heterocycles. The lowest BCUT2D eigenvalue weighted by atomic mass is 10.2. The lowest BCUT2D eigenvalue weighted by Crippen LogP contribution is -2.24. The summed E-state index contributed by atoms with van der Waals surface area (Å²) in [6.07, 6.45) is 2.11. The Bertz CT molecular complexity index is 315. The minimum absolute atomic E-state index is 0.411. The molecule has 4 heteroatoms. The van der Waals surface area contributed by atoms with E-state index in [0.717, 1.165) is 31.0 Å². The zero-order chi connectivity index (χ0) is 12.1. The van der Waals surface area contributed by atoms with Crippen molar-refractivity contribution in [2.45, 2.75) is 52.5 Å². The van der Waals surface area contributed by atoms with Crippen LogP contribution < -0.4 is 5.32 Å². The maximum atomic E-state index is 4.55. The van der Waals surface area contributed by atoms with Crippen LogP contribution in [0.25, 0.3) is 0 Å². The van der Waals surface area contributed by atoms with Crippen LogP contribution in [0.1, 0.15) is 51.7 Å². The molecule has 1 rings (SSSR count). The molecule has 0 aliphatic heterocycles. The average molecular weight is 224 g/mol. The first-order valence-electron chi connectivity index (χ1n) is 6.14. The monoisotopic (exact) mass is 224 g/mol. The van der Waals surface area contributed by atoms with Gasteiger partial charge in [-0.1, -0.05) is 27.7 Å². The standard InChI is InChI=1S/C12H24N4/c1-9(2)12-14-11(16(5)15-12)7-6-8-13-10(3)4/h9-10,13H,6-8H2,1-5H3. The van der Waals surface area contributed by atoms with Crippen molar-refractivity contribution in [3.8, 4) is 0 Å². The van der Waals surface area contributed by atoms with E-state index in [1.54, 1.807) is 0 Å². The fraction of sp³-hybridized carbons (Fsp3) is 0.833. The molecule has 0 aromatic carbocycles. The highest BCUT2D eigenvalue weighted by atomic mass is 15.3. The van der Waals surface area contributed by atoms with Crippen LogP contribution in [0.4, 0.5) is 0 Å². The summed E-state index contributed by atoms with van der Waals surface area (Å²) in [4.78, 5) is 4.55. The molecule has 1 aromatic heterocycles. The van der Waals surface area contributed by atoms with E-state index in [2.05, 4.69) is 43.1 Å². The molecule has 0 aliphatic carbocycles. The van der Waals surface area contributed by atoms with Gasteiger partial charge in [0.15, 0.2) is 5.82 Å². The second-order valence-corrected chi connectivity index (χ2v) is 4.88. The first-order valence-corrected chi connectivity index (χ1v) is 6.14. The molecular weight excluding hydrogens is 200 g/mol. The number of hydrogen-bond acceptors (Lipinski definition) is 3. The van der Waals surface area contributed by atoms with Crippen LogP contribution >= 0.6 is 0 Å². The fourth-order valence-electron chi connectivity index (χ4n) is 1.54. The summed E-state index contributed by atoms with van der Waals surface area (Å²) in [6.45, 7) is 9.62. The molecule has 0 atom stereocenters. The predicted molar refractivity (Wildman–Crippen MR) is 66.6 cm³/mol. The van der Waals surface area contributed by atoms with E-state index < -0.39 is 0 Å². The molecule has 0 spiro atoms. The van der Waals surface area contributed by atoms with Crippen molar-refractivity contribution in [2.75, 3.05) is 6.54 Å². The van der Waals surface area contributed by atoms with Crippen LogP contribution in [0, 0.1) is 0 Å². The van der Waals surface area contributed by atoms with E-state index in [9.17, 15) is 0 Å². The van der Waals surface area contributed by atoms with Gasteiger partial charge in [-0.2, -0.15) is 5.10 Å². The Morgan fingerprint density at radius 2 is 1.94 bits per heavy atom. The predicted octanol–water partition coefficient (Wildman–Crippen LogP) is 1.87. The van der Waals surface area contributed by atoms with Crippen molar-refractivity contribution >= 4 is 0 Å². The summed E-state index contributed by atoms with van der Waals surface area (Å²) in [6, 6.07) is 0.561. The number of aromatic nitrogens is 3. The second kappa shape index (κ2) is 5.99. The van der Waals surface area contributed by atoms with E-state index in [-0.39, 0.29) is 0 Å². The molecule has 0 saturated carbocycles. The van der Waals surface area contributed by atoms with Crippen LogP contribution in [0.5, 0.6) is 0 Å². The number of nitrogens with one attached hydrogen (secondary N) is 1. The number of nitrogens with zero attached hydrogens (tertiary/aromatic N) is 3. The lowest BCUT2D eigenvalue weighted by Gasteiger charge is -2.06. The fourth-order valence-corrected chi connectivity index (χ4v) is 1.54. The van der Waals surface area contributed by atoms with Crippen molar-refractivity contribution in [1.29, 1.82) is 0 Å². The highest BCUT2D eigenvalue weighted by Gasteiger charge is 2.09. The van der Waals surface area contributed by atoms with Crippen molar-refractivity contribution in [2.24, 2.45) is 7.05 Å². The molecule has 0 unspecified atom stereocenters. The molecule has 0 amide bonds. The number of hydrogen-bond donors (Lipinski definition) is 1. The Morgan fingerprint density at radius 3 is 2.44 bits per heavy atom. The van der Waals surface area contributed by atoms with Gasteiger partial charge >= 0.3 is 0 Å². The van der Waals surface area contributed by atoms with Gasteiger partial charge in [-0.05, 0) is 13.0 Å². The van der Waals surface area contributed by atoms with E-state index in [1.165, 1.54) is 0 Å². The SMILES string of the molecule is CC(C)NCCCc1nc(C(C)C)nn1C. The summed E-state index contributed by atoms with van der Waals surface area (Å²) < 4.78 is 1.91. The quantitative estimate of drug-likeness (QED) is 0.750. The molecular formula is C12H24N4. The number of aryl methyl sites for hydroxylation is 2. The molecule has 1 N–H and O–H groups in total. The van der Waals surface area contributed by atoms with Gasteiger partial charge in [-0.25, -0.2) is 4.98 Å². The third-order valence-electron chi connectivity index (χ3n) is 2.52. The lowest BCUT2D eigenvalue weighted by molar-refractivity contribution is 0.558. The van der Waals surface area contributed by atoms with Gasteiger partial charge in [0, 0.05) is 25.4 Å². The van der Waals surface area contributed by atoms with Crippen LogP contribution in [-0.4, -0.2) is 27.4 Å². The summed E-state index contributed by atoms with van der Waals surface area (Å²) in [7, 11) is 1.98. The average Bonchev–Trinajstić information content (AvgIpc) is 2.55. The van der Waals surface area contributed by atoms with Gasteiger partial charge in [0.25, 0.3) is 0 Å². The van der Waals surface area contributed by atoms with E-state index >= 15 is 0 Å². The third kappa shape index (κ3) is 3.93. The Labute approximate surface area is 98.5 Å². The summed E-state index contributed by atoms with van der Waals surface area (Å²) >= 11 is 0. The third-order valence-corrected chi connectivity index (χ3v) is 2.52. The Balaban J connectivity index is 2.41. The van der Waals surface area contributed by atoms with Gasteiger partial charge < -0.3 is 5.32 Å². The highest BCUT2D eigenvalue weighted by molar-refractivity contribution is 4.96. The van der Waals surface area contributed by atoms with Crippen molar-refractivity contribution in [3.63, 3.8) is 0 Å². The summed E-state index contributed by atoms with van der Waals surface area (Å²) in [5, 5.41) is 7.82. The highest BCUT2D eigenvalue weighted by Crippen LogP contribution is 2.10. The maximum Gasteiger partial charge on any atom is 0.153 e. The Morgan fingerprint density at radius 1 is 1.25 bits per heavy atom. The smallest absolute Gasteiger partial charge is 0.153 e. The molecule has 1 aromatic rings. The Hall–Kier alpha value is -0.900. The van der Waals surface area contributed by atoms with Gasteiger partial charge in [-0.3, -0.25) is 4.68 Å². The van der Waals surface area contributed by atoms with Crippen molar-refractivity contribution in [1.82, 2.24) is 20.1 Å². The van der Waals surface area contributed by atoms with Gasteiger partial charge in [0.05, 0.1) is 0 Å². The first-order chi connectivity index (χ1) is 7.50. The van der Waals surface area contributed by atoms with Crippen LogP contribution in [0.2, 0.25) is 0 Å².